The van der Waals surface area contributed by atoms with Crippen LogP contribution in [0.25, 0.3) is 0 Å². The summed E-state index contributed by atoms with van der Waals surface area (Å²) >= 11 is 0. The minimum absolute atomic E-state index is 0.237. The number of nitrogens with zero attached hydrogens (tertiary/aromatic N) is 4. The van der Waals surface area contributed by atoms with E-state index in [4.69, 9.17) is 10.00 Å². The third kappa shape index (κ3) is 4.03. The van der Waals surface area contributed by atoms with Crippen molar-refractivity contribution in [3.63, 3.8) is 0 Å². The second-order valence-electron chi connectivity index (χ2n) is 7.30. The molecule has 0 saturated carbocycles. The summed E-state index contributed by atoms with van der Waals surface area (Å²) in [5.41, 5.74) is 5.48. The van der Waals surface area contributed by atoms with E-state index in [-0.39, 0.29) is 11.6 Å². The number of anilines is 2. The largest absolute Gasteiger partial charge is 0.494 e. The lowest BCUT2D eigenvalue weighted by molar-refractivity contribution is 0.386. The summed E-state index contributed by atoms with van der Waals surface area (Å²) in [7, 11) is 1.45. The first-order valence-electron chi connectivity index (χ1n) is 9.73. The molecule has 0 atom stereocenters. The van der Waals surface area contributed by atoms with Crippen molar-refractivity contribution in [3.8, 4) is 11.8 Å². The Bertz CT molecular complexity index is 1130. The molecule has 3 heterocycles. The molecule has 0 aliphatic carbocycles. The summed E-state index contributed by atoms with van der Waals surface area (Å²) in [5.74, 6) is 0.758. The zero-order valence-corrected chi connectivity index (χ0v) is 16.9. The molecule has 1 N–H and O–H groups in total. The summed E-state index contributed by atoms with van der Waals surface area (Å²) in [6, 6.07) is 11.0. The number of nitrogens with one attached hydrogen (secondary N) is 1. The Morgan fingerprint density at radius 2 is 2.10 bits per heavy atom. The highest BCUT2D eigenvalue weighted by Gasteiger charge is 2.20. The lowest BCUT2D eigenvalue weighted by atomic mass is 10.0. The van der Waals surface area contributed by atoms with Crippen molar-refractivity contribution in [1.82, 2.24) is 9.97 Å². The van der Waals surface area contributed by atoms with Gasteiger partial charge in [0.1, 0.15) is 11.9 Å². The van der Waals surface area contributed by atoms with Crippen molar-refractivity contribution in [1.29, 1.82) is 5.26 Å². The van der Waals surface area contributed by atoms with Crippen LogP contribution in [0.3, 0.4) is 0 Å². The number of hydrogen-bond donors (Lipinski definition) is 1. The van der Waals surface area contributed by atoms with Crippen molar-refractivity contribution in [3.05, 3.63) is 76.5 Å². The molecule has 0 unspecified atom stereocenters. The Morgan fingerprint density at radius 1 is 1.23 bits per heavy atom. The summed E-state index contributed by atoms with van der Waals surface area (Å²) in [6.07, 6.45) is 4.27. The molecule has 0 amide bonds. The van der Waals surface area contributed by atoms with Gasteiger partial charge in [-0.15, -0.1) is 0 Å². The number of halogens is 1. The third-order valence-electron chi connectivity index (χ3n) is 5.23. The predicted molar refractivity (Wildman–Crippen MR) is 113 cm³/mol. The number of nitriles is 1. The van der Waals surface area contributed by atoms with Crippen molar-refractivity contribution in [2.45, 2.75) is 26.4 Å². The van der Waals surface area contributed by atoms with Crippen LogP contribution >= 0.6 is 0 Å². The zero-order valence-electron chi connectivity index (χ0n) is 16.9. The number of hydrogen-bond acceptors (Lipinski definition) is 6. The van der Waals surface area contributed by atoms with Gasteiger partial charge in [0, 0.05) is 37.9 Å². The summed E-state index contributed by atoms with van der Waals surface area (Å²) in [6.45, 7) is 4.00. The van der Waals surface area contributed by atoms with E-state index in [2.05, 4.69) is 32.3 Å². The third-order valence-corrected chi connectivity index (χ3v) is 5.23. The highest BCUT2D eigenvalue weighted by atomic mass is 19.1. The van der Waals surface area contributed by atoms with Crippen LogP contribution in [0.2, 0.25) is 0 Å². The quantitative estimate of drug-likeness (QED) is 0.695. The second-order valence-corrected chi connectivity index (χ2v) is 7.30. The molecule has 0 spiro atoms. The number of aryl methyl sites for hydroxylation is 1. The summed E-state index contributed by atoms with van der Waals surface area (Å²) in [5, 5.41) is 12.4. The van der Waals surface area contributed by atoms with Gasteiger partial charge < -0.3 is 15.0 Å². The van der Waals surface area contributed by atoms with E-state index in [0.717, 1.165) is 46.9 Å². The molecule has 3 aromatic rings. The zero-order chi connectivity index (χ0) is 21.1. The highest BCUT2D eigenvalue weighted by Crippen LogP contribution is 2.27. The topological polar surface area (TPSA) is 74.1 Å². The second kappa shape index (κ2) is 8.37. The predicted octanol–water partition coefficient (Wildman–Crippen LogP) is 3.98. The van der Waals surface area contributed by atoms with Gasteiger partial charge in [-0.05, 0) is 47.9 Å². The SMILES string of the molecule is COc1ccc(CNc2cnc3c(c2)CN(c2ncc(C#N)cc2C)CC3)cc1F. The van der Waals surface area contributed by atoms with E-state index in [1.807, 2.05) is 25.3 Å². The molecule has 0 saturated heterocycles. The molecule has 0 radical (unpaired) electrons. The number of methoxy groups -OCH3 is 1. The molecular weight excluding hydrogens is 381 g/mol. The molecule has 1 aliphatic heterocycles. The van der Waals surface area contributed by atoms with Crippen molar-refractivity contribution in [2.24, 2.45) is 0 Å². The lowest BCUT2D eigenvalue weighted by Crippen LogP contribution is -2.32. The van der Waals surface area contributed by atoms with Gasteiger partial charge in [-0.25, -0.2) is 9.37 Å². The fourth-order valence-corrected chi connectivity index (χ4v) is 3.69. The first kappa shape index (κ1) is 19.6. The van der Waals surface area contributed by atoms with E-state index in [9.17, 15) is 4.39 Å². The van der Waals surface area contributed by atoms with Gasteiger partial charge in [0.2, 0.25) is 0 Å². The van der Waals surface area contributed by atoms with E-state index in [0.29, 0.717) is 18.7 Å². The number of aromatic nitrogens is 2. The molecular formula is C23H22FN5O. The Morgan fingerprint density at radius 3 is 2.83 bits per heavy atom. The van der Waals surface area contributed by atoms with Gasteiger partial charge in [-0.3, -0.25) is 4.98 Å². The molecule has 1 aliphatic rings. The molecule has 2 aromatic heterocycles. The van der Waals surface area contributed by atoms with Crippen molar-refractivity contribution >= 4 is 11.5 Å². The molecule has 152 valence electrons. The molecule has 0 fully saturated rings. The average molecular weight is 403 g/mol. The first-order chi connectivity index (χ1) is 14.6. The van der Waals surface area contributed by atoms with Crippen LogP contribution in [0.4, 0.5) is 15.9 Å². The van der Waals surface area contributed by atoms with Crippen molar-refractivity contribution in [2.75, 3.05) is 23.9 Å². The molecule has 7 heteroatoms. The maximum Gasteiger partial charge on any atom is 0.165 e. The number of rotatable bonds is 5. The van der Waals surface area contributed by atoms with Crippen LogP contribution < -0.4 is 15.0 Å². The van der Waals surface area contributed by atoms with Crippen LogP contribution in [-0.2, 0) is 19.5 Å². The van der Waals surface area contributed by atoms with E-state index in [1.54, 1.807) is 12.3 Å². The molecule has 4 rings (SSSR count). The van der Waals surface area contributed by atoms with E-state index < -0.39 is 0 Å². The van der Waals surface area contributed by atoms with Crippen molar-refractivity contribution < 1.29 is 9.13 Å². The normalized spacial score (nSPS) is 12.8. The summed E-state index contributed by atoms with van der Waals surface area (Å²) in [4.78, 5) is 11.3. The molecule has 1 aromatic carbocycles. The average Bonchev–Trinajstić information content (AvgIpc) is 2.77. The number of ether oxygens (including phenoxy) is 1. The van der Waals surface area contributed by atoms with Crippen LogP contribution in [0.1, 0.15) is 27.9 Å². The number of benzene rings is 1. The standard InChI is InChI=1S/C23H22FN5O/c1-15-7-17(10-25)12-28-23(15)29-6-5-21-18(14-29)9-19(13-27-21)26-11-16-3-4-22(30-2)20(24)8-16/h3-4,7-9,12-13,26H,5-6,11,14H2,1-2H3. The Labute approximate surface area is 175 Å². The number of pyridine rings is 2. The van der Waals surface area contributed by atoms with Gasteiger partial charge >= 0.3 is 0 Å². The van der Waals surface area contributed by atoms with Gasteiger partial charge in [0.15, 0.2) is 11.6 Å². The highest BCUT2D eigenvalue weighted by molar-refractivity contribution is 5.53. The van der Waals surface area contributed by atoms with Gasteiger partial charge in [-0.2, -0.15) is 5.26 Å². The summed E-state index contributed by atoms with van der Waals surface area (Å²) < 4.78 is 18.9. The minimum Gasteiger partial charge on any atom is -0.494 e. The van der Waals surface area contributed by atoms with Crippen LogP contribution in [0.15, 0.2) is 42.7 Å². The van der Waals surface area contributed by atoms with E-state index in [1.165, 1.54) is 13.2 Å². The maximum atomic E-state index is 13.9. The smallest absolute Gasteiger partial charge is 0.165 e. The number of fused-ring (bicyclic) bond motifs is 1. The van der Waals surface area contributed by atoms with Crippen LogP contribution in [0, 0.1) is 24.1 Å². The molecule has 30 heavy (non-hydrogen) atoms. The molecule has 0 bridgehead atoms. The van der Waals surface area contributed by atoms with Crippen LogP contribution in [0.5, 0.6) is 5.75 Å². The Balaban J connectivity index is 1.48. The fourth-order valence-electron chi connectivity index (χ4n) is 3.69. The van der Waals surface area contributed by atoms with Gasteiger partial charge in [-0.1, -0.05) is 6.07 Å². The Hall–Kier alpha value is -3.66. The lowest BCUT2D eigenvalue weighted by Gasteiger charge is -2.30. The maximum absolute atomic E-state index is 13.9. The monoisotopic (exact) mass is 403 g/mol. The van der Waals surface area contributed by atoms with E-state index >= 15 is 0 Å². The Kier molecular flexibility index (Phi) is 5.48. The fraction of sp³-hybridized carbons (Fsp3) is 0.261. The minimum atomic E-state index is -0.374. The molecule has 6 nitrogen and oxygen atoms in total. The van der Waals surface area contributed by atoms with Crippen LogP contribution in [-0.4, -0.2) is 23.6 Å². The van der Waals surface area contributed by atoms with Gasteiger partial charge in [0.25, 0.3) is 0 Å². The first-order valence-corrected chi connectivity index (χ1v) is 9.73. The van der Waals surface area contributed by atoms with Gasteiger partial charge in [0.05, 0.1) is 24.6 Å².